The lowest BCUT2D eigenvalue weighted by molar-refractivity contribution is 0.0386. The van der Waals surface area contributed by atoms with Crippen LogP contribution in [0.25, 0.3) is 0 Å². The van der Waals surface area contributed by atoms with Crippen LogP contribution in [0, 0.1) is 18.3 Å². The molecule has 17 heavy (non-hydrogen) atoms. The molecule has 2 rings (SSSR count). The van der Waals surface area contributed by atoms with Crippen molar-refractivity contribution in [3.05, 3.63) is 22.5 Å². The second kappa shape index (κ2) is 5.09. The number of nitriles is 1. The van der Waals surface area contributed by atoms with Gasteiger partial charge in [0.2, 0.25) is 0 Å². The maximum atomic E-state index is 8.99. The summed E-state index contributed by atoms with van der Waals surface area (Å²) in [4.78, 5) is 0. The number of rotatable bonds is 2. The summed E-state index contributed by atoms with van der Waals surface area (Å²) in [6, 6.07) is 2.37. The number of aromatic nitrogens is 1. The van der Waals surface area contributed by atoms with Crippen molar-refractivity contribution in [2.45, 2.75) is 25.5 Å². The highest BCUT2D eigenvalue weighted by molar-refractivity contribution is 6.32. The first-order valence-corrected chi connectivity index (χ1v) is 6.07. The van der Waals surface area contributed by atoms with Crippen molar-refractivity contribution < 1.29 is 4.74 Å². The van der Waals surface area contributed by atoms with Gasteiger partial charge in [0.15, 0.2) is 0 Å². The molecule has 4 nitrogen and oxygen atoms in total. The first kappa shape index (κ1) is 12.4. The minimum Gasteiger partial charge on any atom is -0.378 e. The second-order valence-corrected chi connectivity index (χ2v) is 4.67. The normalized spacial score (nSPS) is 24.6. The molecule has 1 aromatic heterocycles. The molecule has 0 amide bonds. The van der Waals surface area contributed by atoms with Gasteiger partial charge in [-0.2, -0.15) is 5.26 Å². The van der Waals surface area contributed by atoms with Gasteiger partial charge in [0.25, 0.3) is 0 Å². The van der Waals surface area contributed by atoms with Crippen LogP contribution in [0.5, 0.6) is 0 Å². The Kier molecular flexibility index (Phi) is 3.72. The van der Waals surface area contributed by atoms with Gasteiger partial charge in [-0.3, -0.25) is 0 Å². The Bertz CT molecular complexity index is 449. The van der Waals surface area contributed by atoms with E-state index in [0.29, 0.717) is 10.6 Å². The third kappa shape index (κ3) is 2.19. The van der Waals surface area contributed by atoms with Crippen molar-refractivity contribution in [1.82, 2.24) is 9.88 Å². The molecule has 0 bridgehead atoms. The zero-order chi connectivity index (χ0) is 12.4. The lowest BCUT2D eigenvalue weighted by Crippen LogP contribution is -2.42. The molecule has 92 valence electrons. The fourth-order valence-corrected chi connectivity index (χ4v) is 2.59. The molecule has 2 heterocycles. The Hall–Kier alpha value is -1.02. The van der Waals surface area contributed by atoms with Crippen LogP contribution in [0.3, 0.4) is 0 Å². The molecule has 5 heteroatoms. The lowest BCUT2D eigenvalue weighted by atomic mass is 10.0. The van der Waals surface area contributed by atoms with Crippen LogP contribution in [0.2, 0.25) is 5.02 Å². The van der Waals surface area contributed by atoms with Gasteiger partial charge in [-0.25, -0.2) is 0 Å². The Balaban J connectivity index is 2.35. The Morgan fingerprint density at radius 2 is 2.41 bits per heavy atom. The topological polar surface area (TPSA) is 50.0 Å². The van der Waals surface area contributed by atoms with Gasteiger partial charge in [-0.05, 0) is 19.9 Å². The Morgan fingerprint density at radius 3 is 3.00 bits per heavy atom. The van der Waals surface area contributed by atoms with E-state index in [1.54, 1.807) is 7.11 Å². The van der Waals surface area contributed by atoms with Gasteiger partial charge in [0.05, 0.1) is 22.7 Å². The monoisotopic (exact) mass is 253 g/mol. The van der Waals surface area contributed by atoms with E-state index in [9.17, 15) is 0 Å². The summed E-state index contributed by atoms with van der Waals surface area (Å²) in [7, 11) is 1.72. The maximum Gasteiger partial charge on any atom is 0.102 e. The Morgan fingerprint density at radius 1 is 1.65 bits per heavy atom. The van der Waals surface area contributed by atoms with E-state index in [0.717, 1.165) is 25.2 Å². The van der Waals surface area contributed by atoms with E-state index in [1.807, 2.05) is 13.1 Å². The van der Waals surface area contributed by atoms with E-state index in [-0.39, 0.29) is 12.1 Å². The van der Waals surface area contributed by atoms with E-state index in [1.165, 1.54) is 0 Å². The molecule has 1 N–H and O–H groups in total. The number of nitrogens with one attached hydrogen (secondary N) is 1. The van der Waals surface area contributed by atoms with Crippen molar-refractivity contribution >= 4 is 11.6 Å². The highest BCUT2D eigenvalue weighted by Gasteiger charge is 2.28. The van der Waals surface area contributed by atoms with Gasteiger partial charge >= 0.3 is 0 Å². The van der Waals surface area contributed by atoms with Crippen molar-refractivity contribution in [3.63, 3.8) is 0 Å². The van der Waals surface area contributed by atoms with Gasteiger partial charge in [0.1, 0.15) is 6.07 Å². The number of ether oxygens (including phenoxy) is 1. The first-order valence-electron chi connectivity index (χ1n) is 5.69. The van der Waals surface area contributed by atoms with Crippen LogP contribution < -0.4 is 5.32 Å². The predicted molar refractivity (Wildman–Crippen MR) is 66.2 cm³/mol. The van der Waals surface area contributed by atoms with Gasteiger partial charge in [0, 0.05) is 25.5 Å². The number of halogens is 1. The quantitative estimate of drug-likeness (QED) is 0.876. The maximum absolute atomic E-state index is 8.99. The molecule has 1 aromatic rings. The molecule has 0 spiro atoms. The minimum atomic E-state index is 0.123. The third-order valence-corrected chi connectivity index (χ3v) is 3.86. The largest absolute Gasteiger partial charge is 0.378 e. The number of piperidine rings is 1. The minimum absolute atomic E-state index is 0.123. The van der Waals surface area contributed by atoms with Crippen molar-refractivity contribution in [3.8, 4) is 6.07 Å². The van der Waals surface area contributed by atoms with Crippen molar-refractivity contribution in [2.75, 3.05) is 20.2 Å². The summed E-state index contributed by atoms with van der Waals surface area (Å²) in [5.41, 5.74) is 1.48. The SMILES string of the molecule is CO[C@H]1CNCC[C@H]1n1cc(C#N)c(Cl)c1C. The molecular weight excluding hydrogens is 238 g/mol. The van der Waals surface area contributed by atoms with Crippen LogP contribution in [0.4, 0.5) is 0 Å². The number of nitrogens with zero attached hydrogens (tertiary/aromatic N) is 2. The van der Waals surface area contributed by atoms with E-state index < -0.39 is 0 Å². The molecule has 0 radical (unpaired) electrons. The van der Waals surface area contributed by atoms with Crippen LogP contribution in [-0.4, -0.2) is 30.9 Å². The first-order chi connectivity index (χ1) is 8.19. The summed E-state index contributed by atoms with van der Waals surface area (Å²) >= 11 is 6.12. The third-order valence-electron chi connectivity index (χ3n) is 3.38. The summed E-state index contributed by atoms with van der Waals surface area (Å²) in [6.45, 7) is 3.73. The summed E-state index contributed by atoms with van der Waals surface area (Å²) in [5.74, 6) is 0. The zero-order valence-electron chi connectivity index (χ0n) is 10.0. The van der Waals surface area contributed by atoms with Crippen LogP contribution in [0.15, 0.2) is 6.20 Å². The molecule has 0 aliphatic carbocycles. The van der Waals surface area contributed by atoms with Gasteiger partial charge in [-0.1, -0.05) is 11.6 Å². The van der Waals surface area contributed by atoms with Crippen LogP contribution in [-0.2, 0) is 4.74 Å². The van der Waals surface area contributed by atoms with E-state index in [4.69, 9.17) is 21.6 Å². The number of hydrogen-bond acceptors (Lipinski definition) is 3. The molecule has 0 unspecified atom stereocenters. The van der Waals surface area contributed by atoms with E-state index >= 15 is 0 Å². The molecule has 1 aliphatic rings. The highest BCUT2D eigenvalue weighted by Crippen LogP contribution is 2.29. The average molecular weight is 254 g/mol. The van der Waals surface area contributed by atoms with Crippen LogP contribution >= 0.6 is 11.6 Å². The second-order valence-electron chi connectivity index (χ2n) is 4.30. The fraction of sp³-hybridized carbons (Fsp3) is 0.583. The molecular formula is C12H16ClN3O. The molecule has 1 aliphatic heterocycles. The zero-order valence-corrected chi connectivity index (χ0v) is 10.8. The highest BCUT2D eigenvalue weighted by atomic mass is 35.5. The van der Waals surface area contributed by atoms with Crippen molar-refractivity contribution in [1.29, 1.82) is 5.26 Å². The van der Waals surface area contributed by atoms with Gasteiger partial charge in [-0.15, -0.1) is 0 Å². The molecule has 1 saturated heterocycles. The smallest absolute Gasteiger partial charge is 0.102 e. The standard InChI is InChI=1S/C12H16ClN3O/c1-8-12(13)9(5-14)7-16(8)10-3-4-15-6-11(10)17-2/h7,10-11,15H,3-4,6H2,1-2H3/t10-,11+/m1/s1. The fourth-order valence-electron chi connectivity index (χ4n) is 2.40. The predicted octanol–water partition coefficient (Wildman–Crippen LogP) is 1.87. The number of hydrogen-bond donors (Lipinski definition) is 1. The lowest BCUT2D eigenvalue weighted by Gasteiger charge is -2.33. The summed E-state index contributed by atoms with van der Waals surface area (Å²) in [6.07, 6.45) is 2.94. The Labute approximate surface area is 106 Å². The summed E-state index contributed by atoms with van der Waals surface area (Å²) in [5, 5.41) is 12.8. The van der Waals surface area contributed by atoms with Crippen molar-refractivity contribution in [2.24, 2.45) is 0 Å². The average Bonchev–Trinajstić information content (AvgIpc) is 2.66. The van der Waals surface area contributed by atoms with Crippen LogP contribution in [0.1, 0.15) is 23.7 Å². The molecule has 0 saturated carbocycles. The molecule has 0 aromatic carbocycles. The summed E-state index contributed by atoms with van der Waals surface area (Å²) < 4.78 is 7.57. The molecule has 1 fully saturated rings. The number of methoxy groups -OCH3 is 1. The van der Waals surface area contributed by atoms with E-state index in [2.05, 4.69) is 16.0 Å². The van der Waals surface area contributed by atoms with Gasteiger partial charge < -0.3 is 14.6 Å². The molecule has 2 atom stereocenters.